The molecule has 0 radical (unpaired) electrons. The Kier molecular flexibility index (Phi) is 5.45. The van der Waals surface area contributed by atoms with Crippen LogP contribution in [0.25, 0.3) is 5.69 Å². The molecule has 0 spiro atoms. The fraction of sp³-hybridized carbons (Fsp3) is 0.308. The van der Waals surface area contributed by atoms with Crippen molar-refractivity contribution in [2.75, 3.05) is 0 Å². The molecule has 0 atom stereocenters. The van der Waals surface area contributed by atoms with E-state index in [1.54, 1.807) is 18.3 Å². The fourth-order valence-electron chi connectivity index (χ4n) is 1.80. The number of carboxylic acid groups (broad SMARTS) is 1. The standard InChI is InChI=1S/C13H12Cl3N3O2/c14-9-5-11(16)12(6-10(9)15)19-7-8(17-18-19)3-1-2-4-13(20)21/h5-7H,1-4H2,(H,20,21). The average Bonchev–Trinajstić information content (AvgIpc) is 2.87. The largest absolute Gasteiger partial charge is 0.481 e. The maximum Gasteiger partial charge on any atom is 0.303 e. The summed E-state index contributed by atoms with van der Waals surface area (Å²) >= 11 is 18.0. The van der Waals surface area contributed by atoms with Crippen molar-refractivity contribution in [2.45, 2.75) is 25.7 Å². The molecule has 0 fully saturated rings. The van der Waals surface area contributed by atoms with Crippen LogP contribution in [0.3, 0.4) is 0 Å². The minimum absolute atomic E-state index is 0.159. The number of carboxylic acids is 1. The van der Waals surface area contributed by atoms with Crippen LogP contribution in [0.4, 0.5) is 0 Å². The predicted molar refractivity (Wildman–Crippen MR) is 81.6 cm³/mol. The van der Waals surface area contributed by atoms with Gasteiger partial charge in [0, 0.05) is 6.42 Å². The Morgan fingerprint density at radius 1 is 1.14 bits per heavy atom. The van der Waals surface area contributed by atoms with E-state index in [-0.39, 0.29) is 6.42 Å². The number of hydrogen-bond donors (Lipinski definition) is 1. The number of aryl methyl sites for hydroxylation is 1. The molecule has 0 saturated carbocycles. The van der Waals surface area contributed by atoms with Crippen molar-refractivity contribution in [3.8, 4) is 5.69 Å². The first kappa shape index (κ1) is 16.1. The molecule has 1 N–H and O–H groups in total. The molecule has 2 aromatic rings. The molecule has 112 valence electrons. The van der Waals surface area contributed by atoms with Crippen molar-refractivity contribution < 1.29 is 9.90 Å². The zero-order valence-electron chi connectivity index (χ0n) is 10.9. The lowest BCUT2D eigenvalue weighted by Gasteiger charge is -2.05. The third kappa shape index (κ3) is 4.33. The van der Waals surface area contributed by atoms with E-state index in [2.05, 4.69) is 10.3 Å². The molecule has 0 amide bonds. The minimum Gasteiger partial charge on any atom is -0.481 e. The molecular formula is C13H12Cl3N3O2. The number of aromatic nitrogens is 3. The van der Waals surface area contributed by atoms with E-state index in [1.165, 1.54) is 4.68 Å². The second-order valence-corrected chi connectivity index (χ2v) is 5.69. The molecule has 8 heteroatoms. The number of benzene rings is 1. The van der Waals surface area contributed by atoms with Gasteiger partial charge in [-0.05, 0) is 31.4 Å². The molecule has 0 unspecified atom stereocenters. The van der Waals surface area contributed by atoms with E-state index in [0.717, 1.165) is 12.1 Å². The van der Waals surface area contributed by atoms with Crippen molar-refractivity contribution in [2.24, 2.45) is 0 Å². The molecule has 0 saturated heterocycles. The number of aliphatic carboxylic acids is 1. The number of hydrogen-bond acceptors (Lipinski definition) is 3. The lowest BCUT2D eigenvalue weighted by atomic mass is 10.1. The quantitative estimate of drug-likeness (QED) is 0.632. The van der Waals surface area contributed by atoms with Crippen LogP contribution in [0.2, 0.25) is 15.1 Å². The van der Waals surface area contributed by atoms with Crippen LogP contribution in [-0.4, -0.2) is 26.1 Å². The highest BCUT2D eigenvalue weighted by Gasteiger charge is 2.10. The van der Waals surface area contributed by atoms with Gasteiger partial charge in [0.05, 0.1) is 32.6 Å². The average molecular weight is 349 g/mol. The summed E-state index contributed by atoms with van der Waals surface area (Å²) in [6.07, 6.45) is 3.90. The van der Waals surface area contributed by atoms with Gasteiger partial charge in [-0.15, -0.1) is 5.10 Å². The van der Waals surface area contributed by atoms with Gasteiger partial charge in [-0.3, -0.25) is 4.79 Å². The molecule has 1 aromatic heterocycles. The second-order valence-electron chi connectivity index (χ2n) is 4.47. The summed E-state index contributed by atoms with van der Waals surface area (Å²) in [5, 5.41) is 17.8. The molecule has 21 heavy (non-hydrogen) atoms. The number of carbonyl (C=O) groups is 1. The van der Waals surface area contributed by atoms with E-state index in [4.69, 9.17) is 39.9 Å². The van der Waals surface area contributed by atoms with Crippen LogP contribution in [0.1, 0.15) is 25.0 Å². The molecule has 1 heterocycles. The molecular weight excluding hydrogens is 337 g/mol. The van der Waals surface area contributed by atoms with Crippen LogP contribution in [-0.2, 0) is 11.2 Å². The first-order chi connectivity index (χ1) is 9.97. The van der Waals surface area contributed by atoms with E-state index in [9.17, 15) is 4.79 Å². The summed E-state index contributed by atoms with van der Waals surface area (Å²) in [5.41, 5.74) is 1.36. The summed E-state index contributed by atoms with van der Waals surface area (Å²) in [6.45, 7) is 0. The molecule has 0 aliphatic rings. The third-order valence-corrected chi connectivity index (χ3v) is 3.88. The normalized spacial score (nSPS) is 10.8. The molecule has 0 aliphatic heterocycles. The first-order valence-electron chi connectivity index (χ1n) is 6.25. The Morgan fingerprint density at radius 2 is 1.86 bits per heavy atom. The van der Waals surface area contributed by atoms with Crippen LogP contribution in [0, 0.1) is 0 Å². The summed E-state index contributed by atoms with van der Waals surface area (Å²) in [5.74, 6) is -0.791. The smallest absolute Gasteiger partial charge is 0.303 e. The Labute approximate surface area is 136 Å². The van der Waals surface area contributed by atoms with Crippen molar-refractivity contribution in [1.82, 2.24) is 15.0 Å². The molecule has 0 aliphatic carbocycles. The topological polar surface area (TPSA) is 68.0 Å². The Morgan fingerprint density at radius 3 is 2.57 bits per heavy atom. The van der Waals surface area contributed by atoms with Gasteiger partial charge in [0.15, 0.2) is 0 Å². The highest BCUT2D eigenvalue weighted by molar-refractivity contribution is 6.43. The number of unbranched alkanes of at least 4 members (excludes halogenated alkanes) is 1. The molecule has 5 nitrogen and oxygen atoms in total. The van der Waals surface area contributed by atoms with Crippen LogP contribution in [0.5, 0.6) is 0 Å². The van der Waals surface area contributed by atoms with E-state index >= 15 is 0 Å². The van der Waals surface area contributed by atoms with E-state index in [0.29, 0.717) is 33.6 Å². The van der Waals surface area contributed by atoms with Gasteiger partial charge in [-0.2, -0.15) is 0 Å². The van der Waals surface area contributed by atoms with Crippen molar-refractivity contribution >= 4 is 40.8 Å². The van der Waals surface area contributed by atoms with Crippen molar-refractivity contribution in [3.05, 3.63) is 39.1 Å². The van der Waals surface area contributed by atoms with Crippen LogP contribution >= 0.6 is 34.8 Å². The van der Waals surface area contributed by atoms with Gasteiger partial charge in [0.25, 0.3) is 0 Å². The van der Waals surface area contributed by atoms with Gasteiger partial charge in [-0.25, -0.2) is 4.68 Å². The number of halogens is 3. The number of rotatable bonds is 6. The highest BCUT2D eigenvalue weighted by Crippen LogP contribution is 2.30. The predicted octanol–water partition coefficient (Wildman–Crippen LogP) is 4.02. The SMILES string of the molecule is O=C(O)CCCCc1cn(-c2cc(Cl)c(Cl)cc2Cl)nn1. The van der Waals surface area contributed by atoms with Gasteiger partial charge in [-0.1, -0.05) is 40.0 Å². The van der Waals surface area contributed by atoms with Crippen LogP contribution in [0.15, 0.2) is 18.3 Å². The van der Waals surface area contributed by atoms with Crippen molar-refractivity contribution in [3.63, 3.8) is 0 Å². The maximum atomic E-state index is 10.4. The molecule has 1 aromatic carbocycles. The zero-order chi connectivity index (χ0) is 15.4. The first-order valence-corrected chi connectivity index (χ1v) is 7.38. The third-order valence-electron chi connectivity index (χ3n) is 2.85. The lowest BCUT2D eigenvalue weighted by Crippen LogP contribution is -1.96. The Bertz CT molecular complexity index is 658. The summed E-state index contributed by atoms with van der Waals surface area (Å²) in [4.78, 5) is 10.4. The minimum atomic E-state index is -0.791. The molecule has 0 bridgehead atoms. The van der Waals surface area contributed by atoms with E-state index < -0.39 is 5.97 Å². The Balaban J connectivity index is 2.06. The number of nitrogens with zero attached hydrogens (tertiary/aromatic N) is 3. The van der Waals surface area contributed by atoms with Gasteiger partial charge in [0.1, 0.15) is 0 Å². The maximum absolute atomic E-state index is 10.4. The van der Waals surface area contributed by atoms with Crippen molar-refractivity contribution in [1.29, 1.82) is 0 Å². The summed E-state index contributed by atoms with van der Waals surface area (Å²) in [7, 11) is 0. The second kappa shape index (κ2) is 7.11. The fourth-order valence-corrected chi connectivity index (χ4v) is 2.43. The van der Waals surface area contributed by atoms with Gasteiger partial charge >= 0.3 is 5.97 Å². The van der Waals surface area contributed by atoms with Gasteiger partial charge < -0.3 is 5.11 Å². The van der Waals surface area contributed by atoms with E-state index in [1.807, 2.05) is 0 Å². The zero-order valence-corrected chi connectivity index (χ0v) is 13.2. The monoisotopic (exact) mass is 347 g/mol. The Hall–Kier alpha value is -1.30. The lowest BCUT2D eigenvalue weighted by molar-refractivity contribution is -0.137. The molecule has 2 rings (SSSR count). The summed E-state index contributed by atoms with van der Waals surface area (Å²) < 4.78 is 1.52. The summed E-state index contributed by atoms with van der Waals surface area (Å²) in [6, 6.07) is 3.17. The van der Waals surface area contributed by atoms with Gasteiger partial charge in [0.2, 0.25) is 0 Å². The highest BCUT2D eigenvalue weighted by atomic mass is 35.5. The van der Waals surface area contributed by atoms with Crippen LogP contribution < -0.4 is 0 Å².